The summed E-state index contributed by atoms with van der Waals surface area (Å²) in [5, 5.41) is 15.2. The highest BCUT2D eigenvalue weighted by atomic mass is 79.9. The van der Waals surface area contributed by atoms with Gasteiger partial charge in [0.1, 0.15) is 24.0 Å². The topological polar surface area (TPSA) is 222 Å². The Morgan fingerprint density at radius 3 is 2.68 bits per heavy atom. The number of nitrogens with two attached hydrogens (primary N) is 1. The molecule has 4 rings (SSSR count). The Morgan fingerprint density at radius 1 is 1.36 bits per heavy atom. The molecular formula is C24H34BrN8O9PS. The number of nitrogens with zero attached hydrogens (tertiary/aromatic N) is 5. The van der Waals surface area contributed by atoms with E-state index in [0.29, 0.717) is 0 Å². The van der Waals surface area contributed by atoms with E-state index in [4.69, 9.17) is 24.3 Å². The highest BCUT2D eigenvalue weighted by Crippen LogP contribution is 2.46. The summed E-state index contributed by atoms with van der Waals surface area (Å²) in [5.74, 6) is -0.543. The van der Waals surface area contributed by atoms with Gasteiger partial charge in [0.2, 0.25) is 16.0 Å². The van der Waals surface area contributed by atoms with Crippen LogP contribution < -0.4 is 25.2 Å². The Bertz CT molecular complexity index is 1660. The second-order valence-electron chi connectivity index (χ2n) is 10.2. The lowest BCUT2D eigenvalue weighted by atomic mass is 9.94. The summed E-state index contributed by atoms with van der Waals surface area (Å²) in [7, 11) is -6.45. The quantitative estimate of drug-likeness (QED) is 0.111. The molecule has 0 bridgehead atoms. The maximum absolute atomic E-state index is 13.8. The number of aliphatic hydroxyl groups is 1. The lowest BCUT2D eigenvalue weighted by Crippen LogP contribution is -2.45. The molecule has 242 valence electrons. The van der Waals surface area contributed by atoms with Gasteiger partial charge in [-0.2, -0.15) is 15.1 Å². The molecule has 1 aliphatic heterocycles. The van der Waals surface area contributed by atoms with Crippen molar-refractivity contribution in [3.63, 3.8) is 0 Å². The minimum absolute atomic E-state index is 0.0468. The molecule has 20 heteroatoms. The number of esters is 1. The minimum atomic E-state index is -4.23. The van der Waals surface area contributed by atoms with E-state index in [1.807, 2.05) is 0 Å². The number of anilines is 2. The van der Waals surface area contributed by atoms with Crippen LogP contribution in [0.3, 0.4) is 0 Å². The SMILES string of the molecule is CCOC(=O)C(C)NP(=O)(OCC1OC[C@@](C)(n2cnc3c(N(C)NS(C)(=O)=O)nc(N)nc32)[C@@H]1O)Oc1ccc(Br)cc1. The number of ether oxygens (including phenoxy) is 2. The number of hydrazine groups is 1. The normalized spacial score (nSPS) is 22.4. The zero-order valence-corrected chi connectivity index (χ0v) is 27.8. The molecule has 0 saturated carbocycles. The third kappa shape index (κ3) is 7.66. The summed E-state index contributed by atoms with van der Waals surface area (Å²) < 4.78 is 62.0. The first-order valence-corrected chi connectivity index (χ1v) is 17.4. The number of benzene rings is 1. The van der Waals surface area contributed by atoms with Crippen LogP contribution in [0.15, 0.2) is 35.1 Å². The predicted octanol–water partition coefficient (Wildman–Crippen LogP) is 1.29. The van der Waals surface area contributed by atoms with Gasteiger partial charge < -0.3 is 29.4 Å². The van der Waals surface area contributed by atoms with Crippen molar-refractivity contribution in [2.45, 2.75) is 44.6 Å². The molecule has 1 aromatic carbocycles. The zero-order valence-electron chi connectivity index (χ0n) is 24.5. The number of carbonyl (C=O) groups is 1. The fraction of sp³-hybridized carbons (Fsp3) is 0.500. The Hall–Kier alpha value is -2.90. The molecule has 1 aliphatic rings. The van der Waals surface area contributed by atoms with Gasteiger partial charge in [0, 0.05) is 11.5 Å². The summed E-state index contributed by atoms with van der Waals surface area (Å²) in [6.07, 6.45) is 0.119. The molecule has 1 saturated heterocycles. The molecule has 17 nitrogen and oxygen atoms in total. The van der Waals surface area contributed by atoms with E-state index >= 15 is 0 Å². The van der Waals surface area contributed by atoms with Crippen LogP contribution >= 0.6 is 23.7 Å². The number of hydrogen-bond acceptors (Lipinski definition) is 14. The van der Waals surface area contributed by atoms with Crippen LogP contribution in [0.4, 0.5) is 11.8 Å². The van der Waals surface area contributed by atoms with Crippen molar-refractivity contribution in [1.82, 2.24) is 29.4 Å². The third-order valence-corrected chi connectivity index (χ3v) is 9.36. The van der Waals surface area contributed by atoms with Crippen LogP contribution in [-0.4, -0.2) is 90.4 Å². The van der Waals surface area contributed by atoms with E-state index < -0.39 is 54.1 Å². The van der Waals surface area contributed by atoms with Gasteiger partial charge in [0.25, 0.3) is 0 Å². The van der Waals surface area contributed by atoms with E-state index in [9.17, 15) is 22.9 Å². The number of carbonyl (C=O) groups excluding carboxylic acids is 1. The van der Waals surface area contributed by atoms with E-state index in [1.165, 1.54) is 20.3 Å². The monoisotopic (exact) mass is 720 g/mol. The summed E-state index contributed by atoms with van der Waals surface area (Å²) in [6.45, 7) is 4.46. The average molecular weight is 722 g/mol. The summed E-state index contributed by atoms with van der Waals surface area (Å²) >= 11 is 3.32. The molecule has 0 aliphatic carbocycles. The maximum Gasteiger partial charge on any atom is 0.459 e. The molecule has 3 heterocycles. The number of aromatic nitrogens is 4. The number of imidazole rings is 1. The smallest absolute Gasteiger partial charge is 0.459 e. The lowest BCUT2D eigenvalue weighted by molar-refractivity contribution is -0.144. The molecule has 1 fully saturated rings. The fourth-order valence-electron chi connectivity index (χ4n) is 4.46. The molecule has 5 atom stereocenters. The fourth-order valence-corrected chi connectivity index (χ4v) is 6.81. The van der Waals surface area contributed by atoms with Crippen molar-refractivity contribution in [3.8, 4) is 5.75 Å². The maximum atomic E-state index is 13.8. The van der Waals surface area contributed by atoms with Gasteiger partial charge in [0.05, 0.1) is 37.9 Å². The van der Waals surface area contributed by atoms with E-state index in [2.05, 4.69) is 40.8 Å². The molecule has 2 aromatic heterocycles. The van der Waals surface area contributed by atoms with Crippen LogP contribution in [0.2, 0.25) is 0 Å². The van der Waals surface area contributed by atoms with Crippen molar-refractivity contribution in [1.29, 1.82) is 0 Å². The standard InChI is InChI=1S/C24H34BrN8O9PS/c1-6-39-22(35)14(2)30-43(36,42-16-9-7-15(25)8-10-16)41-11-17-19(34)24(3,12-40-17)33-13-27-18-20(28-23(26)29-21(18)33)32(4)31-44(5,37)38/h7-10,13-14,17,19,31,34H,6,11-12H2,1-5H3,(H,30,36)(H2,26,28,29)/t14?,17?,19-,24-,43?/m1/s1. The molecule has 5 N–H and O–H groups in total. The minimum Gasteiger partial charge on any atom is -0.465 e. The largest absolute Gasteiger partial charge is 0.465 e. The Labute approximate surface area is 262 Å². The Kier molecular flexibility index (Phi) is 10.2. The van der Waals surface area contributed by atoms with Gasteiger partial charge in [-0.3, -0.25) is 14.3 Å². The van der Waals surface area contributed by atoms with E-state index in [-0.39, 0.29) is 41.9 Å². The molecule has 0 amide bonds. The summed E-state index contributed by atoms with van der Waals surface area (Å²) in [6, 6.07) is 5.42. The van der Waals surface area contributed by atoms with Gasteiger partial charge in [-0.05, 0) is 45.0 Å². The number of sulfonamides is 1. The van der Waals surface area contributed by atoms with Crippen molar-refractivity contribution >= 4 is 62.6 Å². The van der Waals surface area contributed by atoms with Gasteiger partial charge in [-0.1, -0.05) is 15.9 Å². The Morgan fingerprint density at radius 2 is 2.05 bits per heavy atom. The molecule has 0 spiro atoms. The first-order valence-electron chi connectivity index (χ1n) is 13.2. The Balaban J connectivity index is 1.57. The number of halogens is 1. The number of aliphatic hydroxyl groups excluding tert-OH is 1. The molecule has 0 radical (unpaired) electrons. The van der Waals surface area contributed by atoms with Gasteiger partial charge >= 0.3 is 13.7 Å². The van der Waals surface area contributed by atoms with Crippen LogP contribution in [0.1, 0.15) is 20.8 Å². The second kappa shape index (κ2) is 13.2. The highest BCUT2D eigenvalue weighted by Gasteiger charge is 2.49. The van der Waals surface area contributed by atoms with Crippen LogP contribution in [0.5, 0.6) is 5.75 Å². The molecular weight excluding hydrogens is 687 g/mol. The second-order valence-corrected chi connectivity index (χ2v) is 14.5. The van der Waals surface area contributed by atoms with E-state index in [1.54, 1.807) is 42.7 Å². The van der Waals surface area contributed by atoms with Crippen LogP contribution in [-0.2, 0) is 38.9 Å². The predicted molar refractivity (Wildman–Crippen MR) is 163 cm³/mol. The van der Waals surface area contributed by atoms with Crippen molar-refractivity contribution in [2.24, 2.45) is 0 Å². The van der Waals surface area contributed by atoms with Crippen molar-refractivity contribution in [3.05, 3.63) is 35.1 Å². The number of fused-ring (bicyclic) bond motifs is 1. The van der Waals surface area contributed by atoms with Crippen LogP contribution in [0, 0.1) is 0 Å². The highest BCUT2D eigenvalue weighted by molar-refractivity contribution is 9.10. The van der Waals surface area contributed by atoms with Crippen molar-refractivity contribution < 1.29 is 41.4 Å². The number of nitrogen functional groups attached to an aromatic ring is 1. The average Bonchev–Trinajstić information content (AvgIpc) is 3.49. The van der Waals surface area contributed by atoms with Gasteiger partial charge in [0.15, 0.2) is 17.0 Å². The molecule has 44 heavy (non-hydrogen) atoms. The summed E-state index contributed by atoms with van der Waals surface area (Å²) in [4.78, 5) is 27.3. The number of nitrogens with one attached hydrogen (secondary N) is 2. The van der Waals surface area contributed by atoms with E-state index in [0.717, 1.165) is 15.7 Å². The number of hydrogen-bond donors (Lipinski definition) is 4. The zero-order chi connectivity index (χ0) is 32.4. The third-order valence-electron chi connectivity index (χ3n) is 6.58. The lowest BCUT2D eigenvalue weighted by Gasteiger charge is -2.30. The molecule has 3 unspecified atom stereocenters. The van der Waals surface area contributed by atoms with Crippen LogP contribution in [0.25, 0.3) is 11.2 Å². The van der Waals surface area contributed by atoms with Gasteiger partial charge in [-0.15, -0.1) is 4.83 Å². The number of rotatable bonds is 13. The summed E-state index contributed by atoms with van der Waals surface area (Å²) in [5.41, 5.74) is 5.17. The molecule has 3 aromatic rings. The van der Waals surface area contributed by atoms with Gasteiger partial charge in [-0.25, -0.2) is 18.0 Å². The first kappa shape index (κ1) is 34.0. The van der Waals surface area contributed by atoms with Crippen molar-refractivity contribution in [2.75, 3.05) is 43.9 Å². The first-order chi connectivity index (χ1) is 20.5.